The summed E-state index contributed by atoms with van der Waals surface area (Å²) in [5.74, 6) is -0.279. The lowest BCUT2D eigenvalue weighted by Crippen LogP contribution is -2.30. The maximum Gasteiger partial charge on any atom is 0.297 e. The third-order valence-electron chi connectivity index (χ3n) is 4.00. The second-order valence-electron chi connectivity index (χ2n) is 6.70. The van der Waals surface area contributed by atoms with E-state index in [4.69, 9.17) is 8.37 Å². The molecule has 1 unspecified atom stereocenters. The van der Waals surface area contributed by atoms with Gasteiger partial charge in [-0.2, -0.15) is 16.8 Å². The largest absolute Gasteiger partial charge is 0.297 e. The van der Waals surface area contributed by atoms with Crippen LogP contribution in [0, 0.1) is 19.8 Å². The molecule has 0 fully saturated rings. The Bertz CT molecular complexity index is 960. The zero-order valence-electron chi connectivity index (χ0n) is 15.7. The van der Waals surface area contributed by atoms with Gasteiger partial charge in [-0.05, 0) is 44.0 Å². The van der Waals surface area contributed by atoms with Crippen molar-refractivity contribution in [2.24, 2.45) is 5.92 Å². The highest BCUT2D eigenvalue weighted by Crippen LogP contribution is 2.21. The molecule has 0 heterocycles. The van der Waals surface area contributed by atoms with E-state index in [1.165, 1.54) is 24.3 Å². The Morgan fingerprint density at radius 1 is 0.741 bits per heavy atom. The molecule has 27 heavy (non-hydrogen) atoms. The fraction of sp³-hybridized carbons (Fsp3) is 0.368. The van der Waals surface area contributed by atoms with Crippen LogP contribution in [0.4, 0.5) is 0 Å². The number of hydrogen-bond acceptors (Lipinski definition) is 6. The van der Waals surface area contributed by atoms with Crippen molar-refractivity contribution in [2.45, 2.75) is 43.6 Å². The molecule has 0 N–H and O–H groups in total. The first-order chi connectivity index (χ1) is 12.5. The molecule has 6 nitrogen and oxygen atoms in total. The molecule has 0 saturated carbocycles. The summed E-state index contributed by atoms with van der Waals surface area (Å²) in [5.41, 5.74) is 1.84. The molecule has 2 aromatic carbocycles. The van der Waals surface area contributed by atoms with Gasteiger partial charge in [0, 0.05) is 0 Å². The van der Waals surface area contributed by atoms with Gasteiger partial charge in [-0.3, -0.25) is 8.37 Å². The minimum absolute atomic E-state index is 0.0111. The van der Waals surface area contributed by atoms with Crippen molar-refractivity contribution in [3.05, 3.63) is 59.7 Å². The van der Waals surface area contributed by atoms with Gasteiger partial charge in [-0.1, -0.05) is 49.2 Å². The van der Waals surface area contributed by atoms with E-state index in [0.717, 1.165) is 11.1 Å². The van der Waals surface area contributed by atoms with Gasteiger partial charge >= 0.3 is 0 Å². The van der Waals surface area contributed by atoms with Crippen LogP contribution in [-0.4, -0.2) is 29.5 Å². The summed E-state index contributed by atoms with van der Waals surface area (Å²) in [6, 6.07) is 12.4. The van der Waals surface area contributed by atoms with Crippen molar-refractivity contribution in [2.75, 3.05) is 6.61 Å². The third-order valence-corrected chi connectivity index (χ3v) is 6.65. The smallest absolute Gasteiger partial charge is 0.264 e. The molecule has 2 rings (SSSR count). The minimum atomic E-state index is -4.03. The van der Waals surface area contributed by atoms with Crippen LogP contribution in [0.2, 0.25) is 0 Å². The molecule has 1 atom stereocenters. The molecule has 8 heteroatoms. The standard InChI is InChI=1S/C19H24O6S2/c1-14(2)19(25-27(22,23)18-11-7-16(4)8-12-18)13-24-26(20,21)17-9-5-15(3)6-10-17/h5-12,14,19H,13H2,1-4H3. The van der Waals surface area contributed by atoms with Crippen molar-refractivity contribution in [3.8, 4) is 0 Å². The summed E-state index contributed by atoms with van der Waals surface area (Å²) in [6.45, 7) is 6.75. The van der Waals surface area contributed by atoms with Crippen molar-refractivity contribution in [1.29, 1.82) is 0 Å². The number of hydrogen-bond donors (Lipinski definition) is 0. The molecule has 0 aliphatic carbocycles. The number of aryl methyl sites for hydroxylation is 2. The predicted molar refractivity (Wildman–Crippen MR) is 102 cm³/mol. The van der Waals surface area contributed by atoms with Gasteiger partial charge in [-0.25, -0.2) is 0 Å². The molecule has 0 aromatic heterocycles. The predicted octanol–water partition coefficient (Wildman–Crippen LogP) is 3.44. The minimum Gasteiger partial charge on any atom is -0.264 e. The highest BCUT2D eigenvalue weighted by Gasteiger charge is 2.27. The van der Waals surface area contributed by atoms with Crippen LogP contribution < -0.4 is 0 Å². The average Bonchev–Trinajstić information content (AvgIpc) is 2.59. The summed E-state index contributed by atoms with van der Waals surface area (Å²) in [5, 5.41) is 0. The van der Waals surface area contributed by atoms with Gasteiger partial charge in [0.05, 0.1) is 16.4 Å². The van der Waals surface area contributed by atoms with Crippen LogP contribution in [-0.2, 0) is 28.6 Å². The SMILES string of the molecule is Cc1ccc(S(=O)(=O)OCC(OS(=O)(=O)c2ccc(C)cc2)C(C)C)cc1. The Morgan fingerprint density at radius 3 is 1.56 bits per heavy atom. The van der Waals surface area contributed by atoms with Gasteiger partial charge < -0.3 is 0 Å². The fourth-order valence-electron chi connectivity index (χ4n) is 2.18. The van der Waals surface area contributed by atoms with E-state index in [9.17, 15) is 16.8 Å². The van der Waals surface area contributed by atoms with Gasteiger partial charge in [0.15, 0.2) is 0 Å². The van der Waals surface area contributed by atoms with Crippen molar-refractivity contribution < 1.29 is 25.2 Å². The molecule has 148 valence electrons. The Balaban J connectivity index is 2.13. The molecule has 0 spiro atoms. The number of rotatable bonds is 8. The molecule has 0 aliphatic heterocycles. The van der Waals surface area contributed by atoms with Gasteiger partial charge in [0.2, 0.25) is 0 Å². The molecular weight excluding hydrogens is 388 g/mol. The molecule has 0 radical (unpaired) electrons. The Kier molecular flexibility index (Phi) is 6.80. The van der Waals surface area contributed by atoms with Crippen LogP contribution in [0.15, 0.2) is 58.3 Å². The second kappa shape index (κ2) is 8.52. The lowest BCUT2D eigenvalue weighted by Gasteiger charge is -2.20. The molecule has 2 aromatic rings. The average molecular weight is 413 g/mol. The van der Waals surface area contributed by atoms with Crippen LogP contribution >= 0.6 is 0 Å². The van der Waals surface area contributed by atoms with Gasteiger partial charge in [0.25, 0.3) is 20.2 Å². The summed E-state index contributed by atoms with van der Waals surface area (Å²) in [4.78, 5) is 0.0251. The molecule has 0 aliphatic rings. The molecule has 0 amide bonds. The highest BCUT2D eigenvalue weighted by atomic mass is 32.2. The first-order valence-electron chi connectivity index (χ1n) is 8.47. The quantitative estimate of drug-likeness (QED) is 0.617. The topological polar surface area (TPSA) is 86.7 Å². The summed E-state index contributed by atoms with van der Waals surface area (Å²) in [6.07, 6.45) is -0.948. The van der Waals surface area contributed by atoms with Crippen molar-refractivity contribution >= 4 is 20.2 Å². The van der Waals surface area contributed by atoms with E-state index in [1.807, 2.05) is 13.8 Å². The monoisotopic (exact) mass is 412 g/mol. The Labute approximate surface area is 161 Å². The van der Waals surface area contributed by atoms with Gasteiger partial charge in [0.1, 0.15) is 6.10 Å². The van der Waals surface area contributed by atoms with Gasteiger partial charge in [-0.15, -0.1) is 0 Å². The third kappa shape index (κ3) is 5.87. The Morgan fingerprint density at radius 2 is 1.15 bits per heavy atom. The first kappa shape index (κ1) is 21.6. The maximum atomic E-state index is 12.5. The van der Waals surface area contributed by atoms with Crippen molar-refractivity contribution in [3.63, 3.8) is 0 Å². The number of benzene rings is 2. The zero-order valence-corrected chi connectivity index (χ0v) is 17.4. The lowest BCUT2D eigenvalue weighted by molar-refractivity contribution is 0.0997. The maximum absolute atomic E-state index is 12.5. The molecule has 0 saturated heterocycles. The van der Waals surface area contributed by atoms with Crippen molar-refractivity contribution in [1.82, 2.24) is 0 Å². The normalized spacial score (nSPS) is 13.7. The van der Waals surface area contributed by atoms with E-state index in [2.05, 4.69) is 0 Å². The summed E-state index contributed by atoms with van der Waals surface area (Å²) < 4.78 is 59.9. The first-order valence-corrected chi connectivity index (χ1v) is 11.3. The second-order valence-corrected chi connectivity index (χ2v) is 9.89. The lowest BCUT2D eigenvalue weighted by atomic mass is 10.1. The molecular formula is C19H24O6S2. The van der Waals surface area contributed by atoms with E-state index in [-0.39, 0.29) is 15.7 Å². The van der Waals surface area contributed by atoms with E-state index in [0.29, 0.717) is 0 Å². The van der Waals surface area contributed by atoms with E-state index < -0.39 is 32.9 Å². The van der Waals surface area contributed by atoms with Crippen LogP contribution in [0.25, 0.3) is 0 Å². The van der Waals surface area contributed by atoms with Crippen LogP contribution in [0.1, 0.15) is 25.0 Å². The van der Waals surface area contributed by atoms with E-state index >= 15 is 0 Å². The fourth-order valence-corrected chi connectivity index (χ4v) is 4.29. The van der Waals surface area contributed by atoms with Crippen LogP contribution in [0.5, 0.6) is 0 Å². The van der Waals surface area contributed by atoms with Crippen LogP contribution in [0.3, 0.4) is 0 Å². The highest BCUT2D eigenvalue weighted by molar-refractivity contribution is 7.87. The molecule has 0 bridgehead atoms. The zero-order chi connectivity index (χ0) is 20.2. The van der Waals surface area contributed by atoms with E-state index in [1.54, 1.807) is 38.1 Å². The Hall–Kier alpha value is -1.74. The summed E-state index contributed by atoms with van der Waals surface area (Å²) >= 11 is 0. The summed E-state index contributed by atoms with van der Waals surface area (Å²) in [7, 11) is -8.04.